The number of non-ortho nitro benzene ring substituents is 1. The number of benzene rings is 2. The zero-order chi connectivity index (χ0) is 31.5. The van der Waals surface area contributed by atoms with Gasteiger partial charge in [-0.15, -0.1) is 0 Å². The predicted octanol–water partition coefficient (Wildman–Crippen LogP) is 8.51. The van der Waals surface area contributed by atoms with E-state index in [-0.39, 0.29) is 28.7 Å². The molecule has 0 radical (unpaired) electrons. The van der Waals surface area contributed by atoms with Crippen LogP contribution < -0.4 is 4.90 Å². The van der Waals surface area contributed by atoms with Gasteiger partial charge in [0.1, 0.15) is 0 Å². The molecule has 2 aromatic carbocycles. The Hall–Kier alpha value is -2.79. The van der Waals surface area contributed by atoms with Gasteiger partial charge in [0.15, 0.2) is 18.1 Å². The van der Waals surface area contributed by atoms with Crippen molar-refractivity contribution >= 4 is 41.6 Å². The second-order valence-electron chi connectivity index (χ2n) is 13.5. The predicted molar refractivity (Wildman–Crippen MR) is 185 cm³/mol. The molecule has 42 heavy (non-hydrogen) atoms. The fourth-order valence-electron chi connectivity index (χ4n) is 4.35. The van der Waals surface area contributed by atoms with E-state index in [1.165, 1.54) is 17.8 Å². The summed E-state index contributed by atoms with van der Waals surface area (Å²) in [6, 6.07) is 15.2. The zero-order valence-electron chi connectivity index (χ0n) is 27.3. The van der Waals surface area contributed by atoms with Gasteiger partial charge in [0.25, 0.3) is 5.69 Å². The minimum atomic E-state index is -1.22. The molecule has 0 fully saturated rings. The maximum absolute atomic E-state index is 10.8. The van der Waals surface area contributed by atoms with Crippen LogP contribution in [0.3, 0.4) is 0 Å². The Labute approximate surface area is 257 Å². The van der Waals surface area contributed by atoms with Gasteiger partial charge in [-0.25, -0.2) is 0 Å². The van der Waals surface area contributed by atoms with Crippen molar-refractivity contribution in [1.82, 2.24) is 0 Å². The Morgan fingerprint density at radius 3 is 1.43 bits per heavy atom. The molecule has 8 heteroatoms. The molecule has 0 spiro atoms. The van der Waals surface area contributed by atoms with Gasteiger partial charge in [-0.2, -0.15) is 0 Å². The molecule has 0 saturated heterocycles. The molecule has 6 nitrogen and oxygen atoms in total. The summed E-state index contributed by atoms with van der Waals surface area (Å²) in [7, 11) is -2.45. The fourth-order valence-corrected chi connectivity index (χ4v) is 6.65. The van der Waals surface area contributed by atoms with E-state index in [9.17, 15) is 10.1 Å². The van der Waals surface area contributed by atoms with E-state index in [1.807, 2.05) is 30.4 Å². The SMILES string of the molecule is C[SiH](C)OC(CN(CC(O[SiH](C)C)C(C)(C)C)c1ccc(C=CC=CC=Cc2ccc([N+](=O)[O-])cc2)cc1)C(C)(C)C. The summed E-state index contributed by atoms with van der Waals surface area (Å²) in [4.78, 5) is 12.9. The van der Waals surface area contributed by atoms with Gasteiger partial charge in [-0.05, 0) is 72.4 Å². The number of hydrogen-bond donors (Lipinski definition) is 0. The molecule has 0 saturated carbocycles. The third kappa shape index (κ3) is 12.6. The third-order valence-electron chi connectivity index (χ3n) is 6.85. The molecule has 230 valence electrons. The molecule has 0 bridgehead atoms. The second-order valence-corrected chi connectivity index (χ2v) is 18.3. The minimum Gasteiger partial charge on any atom is -0.415 e. The molecule has 0 aliphatic carbocycles. The number of allylic oxidation sites excluding steroid dienone is 4. The molecule has 0 amide bonds. The van der Waals surface area contributed by atoms with Gasteiger partial charge >= 0.3 is 0 Å². The second kappa shape index (κ2) is 16.2. The van der Waals surface area contributed by atoms with Crippen molar-refractivity contribution in [1.29, 1.82) is 0 Å². The van der Waals surface area contributed by atoms with Gasteiger partial charge in [0.05, 0.1) is 17.1 Å². The van der Waals surface area contributed by atoms with E-state index in [0.29, 0.717) is 0 Å². The summed E-state index contributed by atoms with van der Waals surface area (Å²) < 4.78 is 13.2. The average Bonchev–Trinajstić information content (AvgIpc) is 2.88. The van der Waals surface area contributed by atoms with Crippen LogP contribution in [0.15, 0.2) is 72.8 Å². The Morgan fingerprint density at radius 2 is 1.10 bits per heavy atom. The highest BCUT2D eigenvalue weighted by molar-refractivity contribution is 6.48. The fraction of sp³-hybridized carbons (Fsp3) is 0.471. The summed E-state index contributed by atoms with van der Waals surface area (Å²) >= 11 is 0. The molecule has 2 rings (SSSR count). The van der Waals surface area contributed by atoms with Crippen LogP contribution in [0.2, 0.25) is 26.2 Å². The maximum Gasteiger partial charge on any atom is 0.269 e. The average molecular weight is 609 g/mol. The van der Waals surface area contributed by atoms with Crippen molar-refractivity contribution < 1.29 is 13.8 Å². The zero-order valence-corrected chi connectivity index (χ0v) is 29.6. The summed E-state index contributed by atoms with van der Waals surface area (Å²) in [6.07, 6.45) is 12.1. The lowest BCUT2D eigenvalue weighted by atomic mass is 9.87. The molecule has 0 aliphatic rings. The quantitative estimate of drug-likeness (QED) is 0.0931. The van der Waals surface area contributed by atoms with Crippen molar-refractivity contribution in [2.24, 2.45) is 10.8 Å². The Morgan fingerprint density at radius 1 is 0.714 bits per heavy atom. The third-order valence-corrected chi connectivity index (χ3v) is 8.60. The minimum absolute atomic E-state index is 0.0301. The van der Waals surface area contributed by atoms with Crippen molar-refractivity contribution in [2.45, 2.75) is 79.9 Å². The van der Waals surface area contributed by atoms with Crippen LogP contribution in [0.5, 0.6) is 0 Å². The summed E-state index contributed by atoms with van der Waals surface area (Å²) in [5.74, 6) is 0. The van der Waals surface area contributed by atoms with E-state index >= 15 is 0 Å². The largest absolute Gasteiger partial charge is 0.415 e. The molecular weight excluding hydrogens is 557 g/mol. The summed E-state index contributed by atoms with van der Waals surface area (Å²) in [5.41, 5.74) is 3.38. The highest BCUT2D eigenvalue weighted by Crippen LogP contribution is 2.30. The van der Waals surface area contributed by atoms with Crippen LogP contribution in [0.25, 0.3) is 12.2 Å². The molecule has 2 aromatic rings. The highest BCUT2D eigenvalue weighted by Gasteiger charge is 2.33. The topological polar surface area (TPSA) is 64.8 Å². The van der Waals surface area contributed by atoms with Crippen molar-refractivity contribution in [3.8, 4) is 0 Å². The summed E-state index contributed by atoms with van der Waals surface area (Å²) in [5, 5.41) is 10.8. The van der Waals surface area contributed by atoms with Crippen molar-refractivity contribution in [3.05, 3.63) is 94.1 Å². The number of rotatable bonds is 14. The van der Waals surface area contributed by atoms with Crippen LogP contribution >= 0.6 is 0 Å². The normalized spacial score (nSPS) is 14.5. The van der Waals surface area contributed by atoms with Gasteiger partial charge in [-0.3, -0.25) is 10.1 Å². The van der Waals surface area contributed by atoms with E-state index in [0.717, 1.165) is 24.2 Å². The lowest BCUT2D eigenvalue weighted by Crippen LogP contribution is -2.49. The first kappa shape index (κ1) is 35.4. The van der Waals surface area contributed by atoms with E-state index in [2.05, 4.69) is 103 Å². The van der Waals surface area contributed by atoms with E-state index in [4.69, 9.17) is 8.85 Å². The van der Waals surface area contributed by atoms with Gasteiger partial charge in [0.2, 0.25) is 0 Å². The van der Waals surface area contributed by atoms with E-state index < -0.39 is 23.0 Å². The first-order valence-corrected chi connectivity index (χ1v) is 20.5. The number of anilines is 1. The van der Waals surface area contributed by atoms with Gasteiger partial charge in [0, 0.05) is 30.9 Å². The van der Waals surface area contributed by atoms with Crippen LogP contribution in [0.4, 0.5) is 11.4 Å². The maximum atomic E-state index is 10.8. The van der Waals surface area contributed by atoms with Gasteiger partial charge in [-0.1, -0.05) is 90.1 Å². The number of nitro groups is 1. The number of hydrogen-bond acceptors (Lipinski definition) is 5. The number of nitrogens with zero attached hydrogens (tertiary/aromatic N) is 2. The molecular formula is C34H52N2O4Si2. The standard InChI is InChI=1S/C34H52N2O4Si2/c1-33(2,3)31(39-41(7)8)25-35(26-32(34(4,5)6)40-42(9)10)29-21-17-27(18-22-29)15-13-11-12-14-16-28-19-23-30(24-20-28)36(37)38/h11-24,31-32,41-42H,25-26H2,1-10H3. The molecule has 2 unspecified atom stereocenters. The Kier molecular flexibility index (Phi) is 13.6. The highest BCUT2D eigenvalue weighted by atomic mass is 28.3. The van der Waals surface area contributed by atoms with Crippen LogP contribution in [0, 0.1) is 20.9 Å². The number of nitro benzene ring substituents is 1. The lowest BCUT2D eigenvalue weighted by Gasteiger charge is -2.41. The first-order chi connectivity index (χ1) is 19.6. The van der Waals surface area contributed by atoms with Crippen molar-refractivity contribution in [2.75, 3.05) is 18.0 Å². The van der Waals surface area contributed by atoms with E-state index in [1.54, 1.807) is 12.1 Å². The van der Waals surface area contributed by atoms with Crippen molar-refractivity contribution in [3.63, 3.8) is 0 Å². The molecule has 0 aromatic heterocycles. The Bertz CT molecular complexity index is 1160. The Balaban J connectivity index is 2.20. The summed E-state index contributed by atoms with van der Waals surface area (Å²) in [6.45, 7) is 24.3. The van der Waals surface area contributed by atoms with Gasteiger partial charge < -0.3 is 13.8 Å². The molecule has 2 atom stereocenters. The van der Waals surface area contributed by atoms with Crippen LogP contribution in [0.1, 0.15) is 52.7 Å². The molecule has 0 N–H and O–H groups in total. The van der Waals surface area contributed by atoms with Crippen LogP contribution in [-0.2, 0) is 8.85 Å². The monoisotopic (exact) mass is 608 g/mol. The smallest absolute Gasteiger partial charge is 0.269 e. The first-order valence-electron chi connectivity index (χ1n) is 15.0. The molecule has 0 heterocycles. The lowest BCUT2D eigenvalue weighted by molar-refractivity contribution is -0.384. The van der Waals surface area contributed by atoms with Crippen LogP contribution in [-0.4, -0.2) is 48.3 Å². The molecule has 0 aliphatic heterocycles.